The summed E-state index contributed by atoms with van der Waals surface area (Å²) in [7, 11) is 0. The van der Waals surface area contributed by atoms with Crippen molar-refractivity contribution < 1.29 is 33.4 Å². The third-order valence-electron chi connectivity index (χ3n) is 5.67. The Bertz CT molecular complexity index is 1600. The predicted octanol–water partition coefficient (Wildman–Crippen LogP) is 3.64. The molecule has 1 aliphatic heterocycles. The zero-order chi connectivity index (χ0) is 26.3. The van der Waals surface area contributed by atoms with Gasteiger partial charge in [0.2, 0.25) is 0 Å². The molecule has 0 saturated carbocycles. The first-order chi connectivity index (χ1) is 17.7. The van der Waals surface area contributed by atoms with Crippen molar-refractivity contribution >= 4 is 51.7 Å². The van der Waals surface area contributed by atoms with Crippen LogP contribution in [0, 0.1) is 17.0 Å². The van der Waals surface area contributed by atoms with Gasteiger partial charge in [0.25, 0.3) is 23.4 Å². The van der Waals surface area contributed by atoms with Crippen LogP contribution in [0.4, 0.5) is 17.2 Å². The van der Waals surface area contributed by atoms with Crippen molar-refractivity contribution in [2.75, 3.05) is 16.8 Å². The maximum Gasteiger partial charge on any atom is 0.338 e. The van der Waals surface area contributed by atoms with Gasteiger partial charge in [0.15, 0.2) is 12.4 Å². The lowest BCUT2D eigenvalue weighted by Crippen LogP contribution is -2.40. The molecule has 1 N–H and O–H groups in total. The number of nitro groups is 1. The van der Waals surface area contributed by atoms with E-state index in [-0.39, 0.29) is 44.7 Å². The van der Waals surface area contributed by atoms with Crippen LogP contribution in [0.1, 0.15) is 36.8 Å². The molecule has 0 atom stereocenters. The highest BCUT2D eigenvalue weighted by Crippen LogP contribution is 2.36. The molecule has 3 aromatic carbocycles. The number of amides is 3. The molecule has 0 aliphatic carbocycles. The standard InChI is InChI=1S/C25H16N4O8/c1-13-11-20(27-37-13)26-21(30)12-36-25(33)14-5-7-15(8-6-14)28-23(31)17-4-2-3-16-19(29(34)35)10-9-18(22(16)17)24(28)32/h2-11H,12H2,1H3,(H,26,27,30). The Hall–Kier alpha value is -5.39. The molecule has 0 bridgehead atoms. The number of hydrogen-bond donors (Lipinski definition) is 1. The van der Waals surface area contributed by atoms with Gasteiger partial charge in [0, 0.05) is 28.6 Å². The van der Waals surface area contributed by atoms with Crippen LogP contribution in [0.2, 0.25) is 0 Å². The zero-order valence-electron chi connectivity index (χ0n) is 19.1. The maximum atomic E-state index is 13.2. The summed E-state index contributed by atoms with van der Waals surface area (Å²) in [4.78, 5) is 62.5. The first-order valence-corrected chi connectivity index (χ1v) is 10.8. The molecule has 0 fully saturated rings. The molecule has 3 amide bonds. The number of nitrogens with one attached hydrogen (secondary N) is 1. The average molecular weight is 500 g/mol. The number of nitro benzene ring substituents is 1. The van der Waals surface area contributed by atoms with Gasteiger partial charge in [-0.3, -0.25) is 24.5 Å². The van der Waals surface area contributed by atoms with Crippen LogP contribution >= 0.6 is 0 Å². The van der Waals surface area contributed by atoms with E-state index in [1.807, 2.05) is 0 Å². The molecule has 1 aliphatic rings. The topological polar surface area (TPSA) is 162 Å². The van der Waals surface area contributed by atoms with Crippen molar-refractivity contribution in [3.8, 4) is 0 Å². The molecule has 1 aromatic heterocycles. The number of aryl methyl sites for hydroxylation is 1. The van der Waals surface area contributed by atoms with E-state index in [1.54, 1.807) is 6.92 Å². The Kier molecular flexibility index (Phi) is 5.68. The smallest absolute Gasteiger partial charge is 0.338 e. The van der Waals surface area contributed by atoms with Gasteiger partial charge in [-0.1, -0.05) is 11.2 Å². The van der Waals surface area contributed by atoms with Crippen LogP contribution in [-0.2, 0) is 9.53 Å². The van der Waals surface area contributed by atoms with Crippen molar-refractivity contribution in [3.63, 3.8) is 0 Å². The van der Waals surface area contributed by atoms with E-state index in [2.05, 4.69) is 10.5 Å². The number of esters is 1. The Morgan fingerprint density at radius 3 is 2.41 bits per heavy atom. The highest BCUT2D eigenvalue weighted by Gasteiger charge is 2.35. The molecule has 184 valence electrons. The second kappa shape index (κ2) is 9.00. The number of carbonyl (C=O) groups excluding carboxylic acids is 4. The molecule has 2 heterocycles. The molecule has 0 radical (unpaired) electrons. The van der Waals surface area contributed by atoms with E-state index in [9.17, 15) is 29.3 Å². The number of benzene rings is 3. The van der Waals surface area contributed by atoms with Crippen LogP contribution in [-0.4, -0.2) is 40.4 Å². The summed E-state index contributed by atoms with van der Waals surface area (Å²) < 4.78 is 9.84. The minimum atomic E-state index is -0.795. The first-order valence-electron chi connectivity index (χ1n) is 10.8. The highest BCUT2D eigenvalue weighted by atomic mass is 16.6. The molecule has 0 saturated heterocycles. The molecule has 37 heavy (non-hydrogen) atoms. The predicted molar refractivity (Wildman–Crippen MR) is 128 cm³/mol. The number of nitrogens with zero attached hydrogens (tertiary/aromatic N) is 3. The number of aromatic nitrogens is 1. The summed E-state index contributed by atoms with van der Waals surface area (Å²) in [6, 6.07) is 14.0. The molecule has 12 nitrogen and oxygen atoms in total. The summed E-state index contributed by atoms with van der Waals surface area (Å²) in [6.45, 7) is 1.09. The van der Waals surface area contributed by atoms with E-state index in [4.69, 9.17) is 9.26 Å². The number of hydrogen-bond acceptors (Lipinski definition) is 9. The summed E-state index contributed by atoms with van der Waals surface area (Å²) in [5.74, 6) is -2.03. The van der Waals surface area contributed by atoms with Crippen LogP contribution in [0.15, 0.2) is 65.2 Å². The molecule has 12 heteroatoms. The van der Waals surface area contributed by atoms with E-state index < -0.39 is 35.2 Å². The fourth-order valence-corrected chi connectivity index (χ4v) is 4.04. The number of carbonyl (C=O) groups is 4. The van der Waals surface area contributed by atoms with Gasteiger partial charge in [0.1, 0.15) is 5.76 Å². The van der Waals surface area contributed by atoms with E-state index in [0.717, 1.165) is 4.90 Å². The van der Waals surface area contributed by atoms with Crippen LogP contribution < -0.4 is 10.2 Å². The Labute approximate surface area is 207 Å². The lowest BCUT2D eigenvalue weighted by molar-refractivity contribution is -0.383. The second-order valence-electron chi connectivity index (χ2n) is 8.06. The lowest BCUT2D eigenvalue weighted by Gasteiger charge is -2.27. The highest BCUT2D eigenvalue weighted by molar-refractivity contribution is 6.36. The fraction of sp³-hybridized carbons (Fsp3) is 0.0800. The van der Waals surface area contributed by atoms with Crippen molar-refractivity contribution in [2.45, 2.75) is 6.92 Å². The second-order valence-corrected chi connectivity index (χ2v) is 8.06. The van der Waals surface area contributed by atoms with Crippen LogP contribution in [0.25, 0.3) is 10.8 Å². The number of non-ortho nitro benzene ring substituents is 1. The SMILES string of the molecule is Cc1cc(NC(=O)COC(=O)c2ccc(N3C(=O)c4cccc5c([N+](=O)[O-])ccc(c45)C3=O)cc2)no1. The average Bonchev–Trinajstić information content (AvgIpc) is 3.30. The summed E-state index contributed by atoms with van der Waals surface area (Å²) >= 11 is 0. The summed E-state index contributed by atoms with van der Waals surface area (Å²) in [6.07, 6.45) is 0. The quantitative estimate of drug-likeness (QED) is 0.180. The van der Waals surface area contributed by atoms with E-state index >= 15 is 0 Å². The third-order valence-corrected chi connectivity index (χ3v) is 5.67. The number of rotatable bonds is 6. The number of ether oxygens (including phenoxy) is 1. The summed E-state index contributed by atoms with van der Waals surface area (Å²) in [5, 5.41) is 17.9. The minimum Gasteiger partial charge on any atom is -0.452 e. The van der Waals surface area contributed by atoms with Crippen molar-refractivity contribution in [1.29, 1.82) is 0 Å². The Morgan fingerprint density at radius 2 is 1.76 bits per heavy atom. The largest absolute Gasteiger partial charge is 0.452 e. The first kappa shape index (κ1) is 23.4. The van der Waals surface area contributed by atoms with Crippen LogP contribution in [0.3, 0.4) is 0 Å². The Balaban J connectivity index is 1.34. The normalized spacial score (nSPS) is 12.5. The van der Waals surface area contributed by atoms with Gasteiger partial charge in [-0.25, -0.2) is 9.69 Å². The molecule has 4 aromatic rings. The van der Waals surface area contributed by atoms with Gasteiger partial charge in [0.05, 0.1) is 21.6 Å². The van der Waals surface area contributed by atoms with Crippen molar-refractivity contribution in [1.82, 2.24) is 5.16 Å². The molecule has 0 unspecified atom stereocenters. The van der Waals surface area contributed by atoms with Crippen molar-refractivity contribution in [3.05, 3.63) is 93.2 Å². The lowest BCUT2D eigenvalue weighted by atomic mass is 9.92. The fourth-order valence-electron chi connectivity index (χ4n) is 4.04. The molecular weight excluding hydrogens is 484 g/mol. The number of anilines is 2. The monoisotopic (exact) mass is 500 g/mol. The van der Waals surface area contributed by atoms with Gasteiger partial charge in [-0.15, -0.1) is 0 Å². The van der Waals surface area contributed by atoms with E-state index in [1.165, 1.54) is 60.7 Å². The number of imide groups is 1. The zero-order valence-corrected chi connectivity index (χ0v) is 19.1. The van der Waals surface area contributed by atoms with Gasteiger partial charge in [-0.2, -0.15) is 0 Å². The van der Waals surface area contributed by atoms with Crippen molar-refractivity contribution in [2.24, 2.45) is 0 Å². The Morgan fingerprint density at radius 1 is 1.05 bits per heavy atom. The molecule has 0 spiro atoms. The minimum absolute atomic E-state index is 0.0869. The molecule has 5 rings (SSSR count). The third kappa shape index (κ3) is 4.16. The maximum absolute atomic E-state index is 13.2. The summed E-state index contributed by atoms with van der Waals surface area (Å²) in [5.41, 5.74) is 0.359. The van der Waals surface area contributed by atoms with Gasteiger partial charge < -0.3 is 14.6 Å². The van der Waals surface area contributed by atoms with Gasteiger partial charge in [-0.05, 0) is 49.4 Å². The van der Waals surface area contributed by atoms with Gasteiger partial charge >= 0.3 is 5.97 Å². The van der Waals surface area contributed by atoms with E-state index in [0.29, 0.717) is 5.76 Å². The van der Waals surface area contributed by atoms with Crippen LogP contribution in [0.5, 0.6) is 0 Å². The molecular formula is C25H16N4O8.